The molecule has 286 valence electrons. The molecule has 10 aromatic carbocycles. The maximum Gasteiger partial charge on any atom is 0.179 e. The number of hydrogen-bond acceptors (Lipinski definition) is 3. The van der Waals surface area contributed by atoms with Gasteiger partial charge in [-0.05, 0) is 76.3 Å². The van der Waals surface area contributed by atoms with Crippen LogP contribution in [0.2, 0.25) is 0 Å². The number of hydrogen-bond donors (Lipinski definition) is 0. The average Bonchev–Trinajstić information content (AvgIpc) is 3.35. The van der Waals surface area contributed by atoms with E-state index in [2.05, 4.69) is 176 Å². The van der Waals surface area contributed by atoms with Crippen LogP contribution >= 0.6 is 0 Å². The van der Waals surface area contributed by atoms with Crippen LogP contribution in [0.25, 0.3) is 77.6 Å². The van der Waals surface area contributed by atoms with Crippen LogP contribution in [0.5, 0.6) is 0 Å². The lowest BCUT2D eigenvalue weighted by Gasteiger charge is -2.34. The van der Waals surface area contributed by atoms with E-state index in [-0.39, 0.29) is 0 Å². The van der Waals surface area contributed by atoms with Crippen molar-refractivity contribution in [3.63, 3.8) is 0 Å². The third-order valence-electron chi connectivity index (χ3n) is 12.1. The number of nitrogens with zero attached hydrogens (tertiary/aromatic N) is 3. The summed E-state index contributed by atoms with van der Waals surface area (Å²) in [6.45, 7) is 0. The van der Waals surface area contributed by atoms with E-state index in [4.69, 9.17) is 15.0 Å². The highest BCUT2D eigenvalue weighted by atomic mass is 28.3. The Kier molecular flexibility index (Phi) is 9.18. The Balaban J connectivity index is 1.06. The fourth-order valence-corrected chi connectivity index (χ4v) is 13.9. The Hall–Kier alpha value is -7.79. The van der Waals surface area contributed by atoms with Gasteiger partial charge in [-0.1, -0.05) is 224 Å². The van der Waals surface area contributed by atoms with Gasteiger partial charge in [-0.3, -0.25) is 0 Å². The summed E-state index contributed by atoms with van der Waals surface area (Å²) < 4.78 is 0. The summed E-state index contributed by atoms with van der Waals surface area (Å²) in [5, 5.41) is 12.7. The lowest BCUT2D eigenvalue weighted by atomic mass is 9.91. The van der Waals surface area contributed by atoms with Crippen LogP contribution in [-0.2, 0) is 0 Å². The highest BCUT2D eigenvalue weighted by Gasteiger charge is 2.41. The molecule has 11 rings (SSSR count). The SMILES string of the molecule is c1ccc(-c2nc(-c3ccccc3)nc(-c3ccc4c5cc(-c6ccc([Si](c7ccccc7)(c7ccccc7)c7ccccc7)cc6)ccc5c5ccccc5c4c3)n2)cc1. The molecule has 61 heavy (non-hydrogen) atoms. The molecular weight excluding hydrogens is 755 g/mol. The topological polar surface area (TPSA) is 38.7 Å². The summed E-state index contributed by atoms with van der Waals surface area (Å²) in [6, 6.07) is 85.4. The quantitative estimate of drug-likeness (QED) is 0.0874. The second-order valence-electron chi connectivity index (χ2n) is 15.5. The Bertz CT molecular complexity index is 3170. The molecule has 1 aromatic heterocycles. The highest BCUT2D eigenvalue weighted by Crippen LogP contribution is 2.39. The number of benzene rings is 10. The molecule has 0 aliphatic carbocycles. The summed E-state index contributed by atoms with van der Waals surface area (Å²) in [7, 11) is -2.63. The highest BCUT2D eigenvalue weighted by molar-refractivity contribution is 7.19. The molecule has 1 heterocycles. The van der Waals surface area contributed by atoms with E-state index in [0.717, 1.165) is 16.7 Å². The van der Waals surface area contributed by atoms with Crippen molar-refractivity contribution in [1.29, 1.82) is 0 Å². The molecule has 0 N–H and O–H groups in total. The summed E-state index contributed by atoms with van der Waals surface area (Å²) >= 11 is 0. The first-order chi connectivity index (χ1) is 30.2. The van der Waals surface area contributed by atoms with Gasteiger partial charge in [0.15, 0.2) is 25.5 Å². The Morgan fingerprint density at radius 1 is 0.213 bits per heavy atom. The molecule has 0 aliphatic heterocycles. The van der Waals surface area contributed by atoms with Crippen molar-refractivity contribution in [2.75, 3.05) is 0 Å². The van der Waals surface area contributed by atoms with E-state index in [0.29, 0.717) is 17.5 Å². The van der Waals surface area contributed by atoms with Crippen LogP contribution in [0.4, 0.5) is 0 Å². The molecule has 11 aromatic rings. The predicted molar refractivity (Wildman–Crippen MR) is 258 cm³/mol. The molecule has 0 fully saturated rings. The first-order valence-electron chi connectivity index (χ1n) is 20.8. The molecule has 0 amide bonds. The largest absolute Gasteiger partial charge is 0.208 e. The van der Waals surface area contributed by atoms with Crippen molar-refractivity contribution < 1.29 is 0 Å². The number of rotatable bonds is 8. The number of aromatic nitrogens is 3. The van der Waals surface area contributed by atoms with Gasteiger partial charge in [-0.2, -0.15) is 0 Å². The zero-order valence-corrected chi connectivity index (χ0v) is 34.4. The molecule has 3 nitrogen and oxygen atoms in total. The molecule has 0 radical (unpaired) electrons. The van der Waals surface area contributed by atoms with Crippen molar-refractivity contribution in [3.05, 3.63) is 237 Å². The zero-order valence-electron chi connectivity index (χ0n) is 33.4. The van der Waals surface area contributed by atoms with Crippen molar-refractivity contribution in [3.8, 4) is 45.3 Å². The third-order valence-corrected chi connectivity index (χ3v) is 16.9. The maximum absolute atomic E-state index is 5.07. The third kappa shape index (κ3) is 6.42. The lowest BCUT2D eigenvalue weighted by molar-refractivity contribution is 1.07. The molecule has 0 spiro atoms. The van der Waals surface area contributed by atoms with Crippen molar-refractivity contribution in [2.24, 2.45) is 0 Å². The van der Waals surface area contributed by atoms with Crippen LogP contribution in [0, 0.1) is 0 Å². The smallest absolute Gasteiger partial charge is 0.179 e. The normalized spacial score (nSPS) is 11.6. The van der Waals surface area contributed by atoms with Crippen LogP contribution in [0.3, 0.4) is 0 Å². The monoisotopic (exact) mass is 793 g/mol. The molecule has 4 heteroatoms. The van der Waals surface area contributed by atoms with Gasteiger partial charge in [-0.25, -0.2) is 15.0 Å². The standard InChI is InChI=1S/C57H39N3Si/c1-6-18-41(19-7-1)55-58-56(42-20-8-2-9-21-42)60-57(59-55)44-33-37-52-53-38-43(32-36-51(53)49-28-16-17-29-50(49)54(52)39-44)40-30-34-48(35-31-40)61(45-22-10-3-11-23-45,46-24-12-4-13-25-46)47-26-14-5-15-27-47/h1-39H. The van der Waals surface area contributed by atoms with Gasteiger partial charge in [0.1, 0.15) is 0 Å². The second kappa shape index (κ2) is 15.4. The van der Waals surface area contributed by atoms with Crippen molar-refractivity contribution >= 4 is 61.1 Å². The van der Waals surface area contributed by atoms with E-state index < -0.39 is 8.07 Å². The van der Waals surface area contributed by atoms with Gasteiger partial charge >= 0.3 is 0 Å². The zero-order chi connectivity index (χ0) is 40.6. The first kappa shape index (κ1) is 36.3. The first-order valence-corrected chi connectivity index (χ1v) is 22.8. The van der Waals surface area contributed by atoms with Crippen molar-refractivity contribution in [2.45, 2.75) is 0 Å². The molecule has 0 saturated heterocycles. The summed E-state index contributed by atoms with van der Waals surface area (Å²) in [5.74, 6) is 1.95. The Morgan fingerprint density at radius 2 is 0.525 bits per heavy atom. The Morgan fingerprint density at radius 3 is 1.00 bits per heavy atom. The van der Waals surface area contributed by atoms with E-state index in [9.17, 15) is 0 Å². The van der Waals surface area contributed by atoms with Gasteiger partial charge in [0.2, 0.25) is 0 Å². The van der Waals surface area contributed by atoms with Gasteiger partial charge in [-0.15, -0.1) is 0 Å². The predicted octanol–water partition coefficient (Wildman–Crippen LogP) is 11.4. The molecule has 0 saturated carbocycles. The lowest BCUT2D eigenvalue weighted by Crippen LogP contribution is -2.74. The van der Waals surface area contributed by atoms with Gasteiger partial charge in [0.05, 0.1) is 0 Å². The molecule has 0 unspecified atom stereocenters. The van der Waals surface area contributed by atoms with Crippen LogP contribution < -0.4 is 20.7 Å². The van der Waals surface area contributed by atoms with Crippen molar-refractivity contribution in [1.82, 2.24) is 15.0 Å². The minimum atomic E-state index is -2.63. The average molecular weight is 794 g/mol. The van der Waals surface area contributed by atoms with Crippen LogP contribution in [0.15, 0.2) is 237 Å². The Labute approximate surface area is 356 Å². The summed E-state index contributed by atoms with van der Waals surface area (Å²) in [5.41, 5.74) is 5.23. The fourth-order valence-electron chi connectivity index (χ4n) is 9.19. The molecule has 0 aliphatic rings. The van der Waals surface area contributed by atoms with Crippen LogP contribution in [-0.4, -0.2) is 23.0 Å². The van der Waals surface area contributed by atoms with E-state index in [1.807, 2.05) is 60.7 Å². The summed E-state index contributed by atoms with van der Waals surface area (Å²) in [4.78, 5) is 15.1. The minimum absolute atomic E-state index is 0.647. The second-order valence-corrected chi connectivity index (χ2v) is 19.3. The molecule has 0 bridgehead atoms. The van der Waals surface area contributed by atoms with Gasteiger partial charge in [0, 0.05) is 16.7 Å². The minimum Gasteiger partial charge on any atom is -0.208 e. The summed E-state index contributed by atoms with van der Waals surface area (Å²) in [6.07, 6.45) is 0. The number of fused-ring (bicyclic) bond motifs is 6. The van der Waals surface area contributed by atoms with E-state index in [1.54, 1.807) is 0 Å². The molecule has 0 atom stereocenters. The fraction of sp³-hybridized carbons (Fsp3) is 0. The maximum atomic E-state index is 5.07. The molecular formula is C57H39N3Si. The van der Waals surface area contributed by atoms with E-state index in [1.165, 1.54) is 64.2 Å². The van der Waals surface area contributed by atoms with Crippen LogP contribution in [0.1, 0.15) is 0 Å². The van der Waals surface area contributed by atoms with Gasteiger partial charge < -0.3 is 0 Å². The van der Waals surface area contributed by atoms with E-state index >= 15 is 0 Å². The van der Waals surface area contributed by atoms with Gasteiger partial charge in [0.25, 0.3) is 0 Å².